The van der Waals surface area contributed by atoms with E-state index < -0.39 is 18.0 Å². The number of rotatable bonds is 6. The summed E-state index contributed by atoms with van der Waals surface area (Å²) in [6.45, 7) is 20.4. The largest absolute Gasteiger partial charge is 1.00 e. The van der Waals surface area contributed by atoms with E-state index in [1.54, 1.807) is 0 Å². The summed E-state index contributed by atoms with van der Waals surface area (Å²) < 4.78 is 34.3. The predicted octanol–water partition coefficient (Wildman–Crippen LogP) is 11.9. The molecular weight excluding hydrogens is 920 g/mol. The summed E-state index contributed by atoms with van der Waals surface area (Å²) in [7, 11) is 0. The van der Waals surface area contributed by atoms with E-state index in [1.165, 1.54) is 165 Å². The number of aryl methyl sites for hydroxylation is 2. The molecule has 0 aromatic heterocycles. The zero-order valence-corrected chi connectivity index (χ0v) is 44.2. The van der Waals surface area contributed by atoms with Crippen LogP contribution in [0, 0.1) is 13.8 Å². The molecule has 6 aromatic rings. The van der Waals surface area contributed by atoms with E-state index in [1.807, 2.05) is 6.55 Å². The molecule has 2 saturated carbocycles. The molecule has 0 spiro atoms. The van der Waals surface area contributed by atoms with Gasteiger partial charge in [0.15, 0.2) is 0 Å². The second-order valence-corrected chi connectivity index (χ2v) is 28.6. The van der Waals surface area contributed by atoms with Gasteiger partial charge in [0.1, 0.15) is 0 Å². The van der Waals surface area contributed by atoms with Crippen LogP contribution in [0.5, 0.6) is 0 Å². The van der Waals surface area contributed by atoms with Crippen molar-refractivity contribution in [1.82, 2.24) is 0 Å². The minimum Gasteiger partial charge on any atom is -1.00 e. The van der Waals surface area contributed by atoms with E-state index in [0.717, 1.165) is 11.8 Å². The smallest absolute Gasteiger partial charge is 0.0162 e. The maximum atomic E-state index is 11.4. The third-order valence-corrected chi connectivity index (χ3v) is 16.2. The Bertz CT molecular complexity index is 2220. The zero-order chi connectivity index (χ0) is 44.1. The molecule has 63 heavy (non-hydrogen) atoms. The van der Waals surface area contributed by atoms with Crippen LogP contribution >= 0.6 is 0 Å². The summed E-state index contributed by atoms with van der Waals surface area (Å²) in [6, 6.07) is 37.6. The van der Waals surface area contributed by atoms with Gasteiger partial charge >= 0.3 is 67.1 Å². The molecule has 2 aliphatic carbocycles. The van der Waals surface area contributed by atoms with Gasteiger partial charge in [-0.1, -0.05) is 166 Å². The third-order valence-electron chi connectivity index (χ3n) is 13.3. The van der Waals surface area contributed by atoms with Crippen LogP contribution in [-0.4, -0.2) is 11.6 Å². The van der Waals surface area contributed by atoms with Crippen LogP contribution in [0.1, 0.15) is 157 Å². The first kappa shape index (κ1) is 53.2. The van der Waals surface area contributed by atoms with Crippen LogP contribution in [0.2, 0.25) is 12.6 Å². The molecule has 0 amide bonds. The van der Waals surface area contributed by atoms with Crippen molar-refractivity contribution in [1.29, 1.82) is 0 Å². The minimum absolute atomic E-state index is 0. The molecule has 0 bridgehead atoms. The SMILES string of the molecule is C[Si](=[Zr+2])CCC(F)(F)F.Cc1c(C(C)(C)C)[cH-]c2cccc(-c3ccc(C4CCCCC4)cc3)c12.Cc1c(C(C)(C)C)[cH-]c2cccc(-c3ccc(C4CCCCC4)cc3)c12.[Cl-].[Cl-]. The molecule has 2 fully saturated rings. The quantitative estimate of drug-likeness (QED) is 0.115. The van der Waals surface area contributed by atoms with Crippen molar-refractivity contribution in [3.05, 3.63) is 130 Å². The Morgan fingerprint density at radius 3 is 1.19 bits per heavy atom. The van der Waals surface area contributed by atoms with E-state index in [2.05, 4.69) is 152 Å². The summed E-state index contributed by atoms with van der Waals surface area (Å²) in [5, 5.41) is 5.62. The van der Waals surface area contributed by atoms with Gasteiger partial charge in [-0.15, -0.1) is 69.1 Å². The summed E-state index contributed by atoms with van der Waals surface area (Å²) in [4.78, 5) is 0. The molecule has 0 nitrogen and oxygen atoms in total. The molecule has 0 unspecified atom stereocenters. The molecule has 0 atom stereocenters. The van der Waals surface area contributed by atoms with Gasteiger partial charge < -0.3 is 24.8 Å². The Balaban J connectivity index is 0.000000226. The van der Waals surface area contributed by atoms with Gasteiger partial charge in [-0.25, -0.2) is 0 Å². The van der Waals surface area contributed by atoms with Gasteiger partial charge in [0.05, 0.1) is 0 Å². The molecule has 7 heteroatoms. The standard InChI is InChI=1S/2C26H31.C4H7F3Si.2ClH.Zr/c2*1-18-24(26(2,3)4)17-22-11-8-12-23(25(18)22)21-15-13-20(14-16-21)19-9-6-5-7-10-19;1-8-3-2-4(5,6)7;;;/h2*8,11-17,19H,5-7,9-10H2,1-4H3;2-3H2,1H3;2*1H;/q2*-1;;;;+2/p-2. The van der Waals surface area contributed by atoms with E-state index in [4.69, 9.17) is 0 Å². The topological polar surface area (TPSA) is 0 Å². The van der Waals surface area contributed by atoms with Crippen molar-refractivity contribution in [2.24, 2.45) is 0 Å². The van der Waals surface area contributed by atoms with Crippen molar-refractivity contribution in [3.63, 3.8) is 0 Å². The first-order valence-electron chi connectivity index (χ1n) is 23.0. The number of halogens is 5. The zero-order valence-electron chi connectivity index (χ0n) is 39.3. The van der Waals surface area contributed by atoms with Crippen molar-refractivity contribution < 1.29 is 61.3 Å². The molecule has 0 N–H and O–H groups in total. The summed E-state index contributed by atoms with van der Waals surface area (Å²) >= 11 is 1.29. The van der Waals surface area contributed by atoms with Crippen LogP contribution in [-0.2, 0) is 34.2 Å². The predicted molar refractivity (Wildman–Crippen MR) is 256 cm³/mol. The van der Waals surface area contributed by atoms with Crippen LogP contribution < -0.4 is 24.8 Å². The van der Waals surface area contributed by atoms with Gasteiger partial charge in [0.2, 0.25) is 0 Å². The van der Waals surface area contributed by atoms with Crippen LogP contribution in [0.15, 0.2) is 97.1 Å². The Morgan fingerprint density at radius 2 is 0.905 bits per heavy atom. The van der Waals surface area contributed by atoms with Gasteiger partial charge in [-0.2, -0.15) is 11.1 Å². The molecule has 2 aliphatic rings. The number of hydrogen-bond donors (Lipinski definition) is 0. The second kappa shape index (κ2) is 22.8. The van der Waals surface area contributed by atoms with Crippen molar-refractivity contribution in [3.8, 4) is 22.3 Å². The first-order valence-corrected chi connectivity index (χ1v) is 28.9. The monoisotopic (exact) mass is 986 g/mol. The molecule has 0 saturated heterocycles. The fourth-order valence-corrected chi connectivity index (χ4v) is 11.7. The van der Waals surface area contributed by atoms with E-state index in [9.17, 15) is 13.2 Å². The number of fused-ring (bicyclic) bond motifs is 2. The third kappa shape index (κ3) is 13.8. The normalized spacial score (nSPS) is 15.1. The molecular formula is C56H69Cl2F3SiZr-2. The fraction of sp³-hybridized carbons (Fsp3) is 0.464. The summed E-state index contributed by atoms with van der Waals surface area (Å²) in [5.41, 5.74) is 14.1. The Hall–Kier alpha value is -2.43. The maximum Gasteiger partial charge on any atom is -0.0162 e. The summed E-state index contributed by atoms with van der Waals surface area (Å²) in [5.74, 6) is 1.56. The first-order chi connectivity index (χ1) is 28.8. The van der Waals surface area contributed by atoms with Crippen LogP contribution in [0.4, 0.5) is 13.2 Å². The van der Waals surface area contributed by atoms with Crippen molar-refractivity contribution in [2.45, 2.75) is 167 Å². The average molecular weight is 989 g/mol. The minimum atomic E-state index is -3.93. The molecule has 0 heterocycles. The van der Waals surface area contributed by atoms with E-state index >= 15 is 0 Å². The van der Waals surface area contributed by atoms with Crippen molar-refractivity contribution >= 4 is 27.0 Å². The maximum absolute atomic E-state index is 11.4. The summed E-state index contributed by atoms with van der Waals surface area (Å²) in [6.07, 6.45) is 9.39. The van der Waals surface area contributed by atoms with Gasteiger partial charge in [0, 0.05) is 0 Å². The van der Waals surface area contributed by atoms with E-state index in [0.29, 0.717) is 6.04 Å². The van der Waals surface area contributed by atoms with Gasteiger partial charge in [-0.3, -0.25) is 0 Å². The number of benzene rings is 4. The van der Waals surface area contributed by atoms with Gasteiger partial charge in [0.25, 0.3) is 0 Å². The number of alkyl halides is 3. The second-order valence-electron chi connectivity index (χ2n) is 20.2. The average Bonchev–Trinajstić information content (AvgIpc) is 3.78. The number of hydrogen-bond acceptors (Lipinski definition) is 0. The van der Waals surface area contributed by atoms with Crippen LogP contribution in [0.3, 0.4) is 0 Å². The van der Waals surface area contributed by atoms with Gasteiger partial charge in [-0.05, 0) is 70.6 Å². The molecule has 8 rings (SSSR count). The molecule has 6 aromatic carbocycles. The fourth-order valence-electron chi connectivity index (χ4n) is 10.1. The molecule has 0 radical (unpaired) electrons. The Morgan fingerprint density at radius 1 is 0.556 bits per heavy atom. The Labute approximate surface area is 405 Å². The van der Waals surface area contributed by atoms with Crippen molar-refractivity contribution in [2.75, 3.05) is 0 Å². The van der Waals surface area contributed by atoms with Crippen LogP contribution in [0.25, 0.3) is 43.8 Å². The Kier molecular flexibility index (Phi) is 19.3. The molecule has 338 valence electrons. The molecule has 0 aliphatic heterocycles. The van der Waals surface area contributed by atoms with E-state index in [-0.39, 0.29) is 35.6 Å².